The van der Waals surface area contributed by atoms with Crippen LogP contribution in [0.2, 0.25) is 0 Å². The minimum absolute atomic E-state index is 0.0298. The molecule has 1 aliphatic heterocycles. The lowest BCUT2D eigenvalue weighted by molar-refractivity contribution is -0.0723. The Hall–Kier alpha value is -0.580. The second-order valence-corrected chi connectivity index (χ2v) is 6.36. The smallest absolute Gasteiger partial charge is 0.125 e. The predicted octanol–water partition coefficient (Wildman–Crippen LogP) is 3.80. The number of ether oxygens (including phenoxy) is 2. The Labute approximate surface area is 123 Å². The first-order valence-electron chi connectivity index (χ1n) is 6.83. The fourth-order valence-electron chi connectivity index (χ4n) is 2.61. The Morgan fingerprint density at radius 1 is 1.32 bits per heavy atom. The third-order valence-electron chi connectivity index (χ3n) is 3.41. The van der Waals surface area contributed by atoms with Crippen molar-refractivity contribution < 1.29 is 9.47 Å². The molecule has 1 aromatic carbocycles. The van der Waals surface area contributed by atoms with E-state index in [2.05, 4.69) is 29.8 Å². The van der Waals surface area contributed by atoms with Crippen molar-refractivity contribution in [2.45, 2.75) is 58.0 Å². The second-order valence-electron chi connectivity index (χ2n) is 5.44. The van der Waals surface area contributed by atoms with Crippen molar-refractivity contribution in [2.75, 3.05) is 0 Å². The maximum atomic E-state index is 6.18. The summed E-state index contributed by atoms with van der Waals surface area (Å²) in [5.74, 6) is 0.885. The second kappa shape index (κ2) is 6.25. The van der Waals surface area contributed by atoms with E-state index in [1.165, 1.54) is 0 Å². The summed E-state index contributed by atoms with van der Waals surface area (Å²) in [4.78, 5) is 0. The standard InChI is InChI=1S/C15H22BrNO2/c1-9-6-13(7-10(2)18-9)19-15-8-12(16)4-5-14(15)11(3)17/h4-5,8-11,13H,6-7,17H2,1-3H3. The van der Waals surface area contributed by atoms with Gasteiger partial charge in [0.2, 0.25) is 0 Å². The molecule has 1 aliphatic rings. The molecular weight excluding hydrogens is 306 g/mol. The first-order valence-corrected chi connectivity index (χ1v) is 7.62. The largest absolute Gasteiger partial charge is 0.490 e. The predicted molar refractivity (Wildman–Crippen MR) is 80.4 cm³/mol. The van der Waals surface area contributed by atoms with Gasteiger partial charge < -0.3 is 15.2 Å². The van der Waals surface area contributed by atoms with Crippen LogP contribution >= 0.6 is 15.9 Å². The average Bonchev–Trinajstić information content (AvgIpc) is 2.26. The number of benzene rings is 1. The molecule has 1 fully saturated rings. The topological polar surface area (TPSA) is 44.5 Å². The average molecular weight is 328 g/mol. The normalized spacial score (nSPS) is 29.0. The Morgan fingerprint density at radius 3 is 2.53 bits per heavy atom. The Morgan fingerprint density at radius 2 is 1.95 bits per heavy atom. The van der Waals surface area contributed by atoms with E-state index in [1.807, 2.05) is 25.1 Å². The highest BCUT2D eigenvalue weighted by atomic mass is 79.9. The first-order chi connectivity index (χ1) is 8.95. The lowest BCUT2D eigenvalue weighted by Crippen LogP contribution is -2.36. The SMILES string of the molecule is CC1CC(Oc2cc(Br)ccc2C(C)N)CC(C)O1. The molecule has 0 bridgehead atoms. The van der Waals surface area contributed by atoms with Crippen LogP contribution in [0.3, 0.4) is 0 Å². The molecule has 0 radical (unpaired) electrons. The van der Waals surface area contributed by atoms with Crippen LogP contribution in [0.4, 0.5) is 0 Å². The van der Waals surface area contributed by atoms with Crippen LogP contribution in [-0.4, -0.2) is 18.3 Å². The van der Waals surface area contributed by atoms with Gasteiger partial charge in [0, 0.05) is 28.9 Å². The fourth-order valence-corrected chi connectivity index (χ4v) is 2.95. The van der Waals surface area contributed by atoms with Crippen LogP contribution < -0.4 is 10.5 Å². The molecule has 0 aromatic heterocycles. The molecule has 0 amide bonds. The van der Waals surface area contributed by atoms with Crippen LogP contribution in [0.15, 0.2) is 22.7 Å². The van der Waals surface area contributed by atoms with Gasteiger partial charge in [0.15, 0.2) is 0 Å². The maximum Gasteiger partial charge on any atom is 0.125 e. The molecule has 19 heavy (non-hydrogen) atoms. The van der Waals surface area contributed by atoms with E-state index >= 15 is 0 Å². The first kappa shape index (κ1) is 14.8. The molecule has 0 aliphatic carbocycles. The van der Waals surface area contributed by atoms with Gasteiger partial charge in [0.25, 0.3) is 0 Å². The van der Waals surface area contributed by atoms with E-state index in [-0.39, 0.29) is 24.4 Å². The molecule has 1 saturated heterocycles. The zero-order valence-electron chi connectivity index (χ0n) is 11.7. The van der Waals surface area contributed by atoms with Crippen LogP contribution in [-0.2, 0) is 4.74 Å². The summed E-state index contributed by atoms with van der Waals surface area (Å²) in [5, 5.41) is 0. The van der Waals surface area contributed by atoms with Gasteiger partial charge in [-0.15, -0.1) is 0 Å². The van der Waals surface area contributed by atoms with E-state index in [0.717, 1.165) is 28.6 Å². The molecule has 1 heterocycles. The number of nitrogens with two attached hydrogens (primary N) is 1. The van der Waals surface area contributed by atoms with E-state index in [4.69, 9.17) is 15.2 Å². The van der Waals surface area contributed by atoms with Gasteiger partial charge in [0.05, 0.1) is 12.2 Å². The van der Waals surface area contributed by atoms with Crippen molar-refractivity contribution in [2.24, 2.45) is 5.73 Å². The van der Waals surface area contributed by atoms with Crippen molar-refractivity contribution in [1.29, 1.82) is 0 Å². The van der Waals surface area contributed by atoms with Gasteiger partial charge in [-0.05, 0) is 32.9 Å². The van der Waals surface area contributed by atoms with Crippen molar-refractivity contribution in [3.8, 4) is 5.75 Å². The zero-order valence-corrected chi connectivity index (χ0v) is 13.3. The van der Waals surface area contributed by atoms with Crippen molar-refractivity contribution >= 4 is 15.9 Å². The van der Waals surface area contributed by atoms with Crippen LogP contribution in [0.5, 0.6) is 5.75 Å². The lowest BCUT2D eigenvalue weighted by Gasteiger charge is -2.33. The molecule has 4 heteroatoms. The molecule has 0 spiro atoms. The number of hydrogen-bond donors (Lipinski definition) is 1. The third-order valence-corrected chi connectivity index (χ3v) is 3.91. The van der Waals surface area contributed by atoms with Crippen LogP contribution in [0.1, 0.15) is 45.2 Å². The summed E-state index contributed by atoms with van der Waals surface area (Å²) in [6.45, 7) is 6.17. The van der Waals surface area contributed by atoms with Gasteiger partial charge in [0.1, 0.15) is 11.9 Å². The van der Waals surface area contributed by atoms with E-state index in [0.29, 0.717) is 0 Å². The highest BCUT2D eigenvalue weighted by Crippen LogP contribution is 2.31. The number of hydrogen-bond acceptors (Lipinski definition) is 3. The van der Waals surface area contributed by atoms with Crippen molar-refractivity contribution in [1.82, 2.24) is 0 Å². The Kier molecular flexibility index (Phi) is 4.87. The highest BCUT2D eigenvalue weighted by Gasteiger charge is 2.26. The molecule has 1 aromatic rings. The third kappa shape index (κ3) is 3.94. The summed E-state index contributed by atoms with van der Waals surface area (Å²) in [6, 6.07) is 6.00. The summed E-state index contributed by atoms with van der Waals surface area (Å²) < 4.78 is 12.9. The fraction of sp³-hybridized carbons (Fsp3) is 0.600. The molecule has 3 nitrogen and oxygen atoms in total. The zero-order chi connectivity index (χ0) is 14.0. The van der Waals surface area contributed by atoms with E-state index < -0.39 is 0 Å². The van der Waals surface area contributed by atoms with Gasteiger partial charge >= 0.3 is 0 Å². The quantitative estimate of drug-likeness (QED) is 0.918. The molecular formula is C15H22BrNO2. The van der Waals surface area contributed by atoms with Crippen molar-refractivity contribution in [3.63, 3.8) is 0 Å². The molecule has 3 atom stereocenters. The molecule has 3 unspecified atom stereocenters. The monoisotopic (exact) mass is 327 g/mol. The Bertz CT molecular complexity index is 426. The summed E-state index contributed by atoms with van der Waals surface area (Å²) in [6.07, 6.45) is 2.55. The van der Waals surface area contributed by atoms with Crippen LogP contribution in [0, 0.1) is 0 Å². The van der Waals surface area contributed by atoms with Gasteiger partial charge in [-0.1, -0.05) is 22.0 Å². The van der Waals surface area contributed by atoms with Gasteiger partial charge in [-0.3, -0.25) is 0 Å². The van der Waals surface area contributed by atoms with Gasteiger partial charge in [-0.25, -0.2) is 0 Å². The number of halogens is 1. The molecule has 2 rings (SSSR count). The van der Waals surface area contributed by atoms with Crippen LogP contribution in [0.25, 0.3) is 0 Å². The lowest BCUT2D eigenvalue weighted by atomic mass is 10.0. The maximum absolute atomic E-state index is 6.18. The summed E-state index contributed by atoms with van der Waals surface area (Å²) in [7, 11) is 0. The summed E-state index contributed by atoms with van der Waals surface area (Å²) in [5.41, 5.74) is 7.06. The Balaban J connectivity index is 2.15. The molecule has 2 N–H and O–H groups in total. The number of rotatable bonds is 3. The molecule has 0 saturated carbocycles. The highest BCUT2D eigenvalue weighted by molar-refractivity contribution is 9.10. The van der Waals surface area contributed by atoms with E-state index in [1.54, 1.807) is 0 Å². The van der Waals surface area contributed by atoms with Gasteiger partial charge in [-0.2, -0.15) is 0 Å². The van der Waals surface area contributed by atoms with Crippen molar-refractivity contribution in [3.05, 3.63) is 28.2 Å². The minimum atomic E-state index is -0.0298. The molecule has 106 valence electrons. The van der Waals surface area contributed by atoms with E-state index in [9.17, 15) is 0 Å². The minimum Gasteiger partial charge on any atom is -0.490 e. The summed E-state index contributed by atoms with van der Waals surface area (Å²) >= 11 is 3.49.